The van der Waals surface area contributed by atoms with Crippen molar-refractivity contribution >= 4 is 27.5 Å². The summed E-state index contributed by atoms with van der Waals surface area (Å²) in [5, 5.41) is 10.5. The maximum Gasteiger partial charge on any atom is 0.411 e. The maximum atomic E-state index is 12.0. The Morgan fingerprint density at radius 3 is 2.75 bits per heavy atom. The third kappa shape index (κ3) is 5.64. The van der Waals surface area contributed by atoms with Gasteiger partial charge in [0, 0.05) is 12.1 Å². The average molecular weight is 410 g/mol. The number of hydrogen-bond donors (Lipinski definition) is 1. The van der Waals surface area contributed by atoms with Gasteiger partial charge in [-0.2, -0.15) is 23.4 Å². The van der Waals surface area contributed by atoms with Gasteiger partial charge in [0.25, 0.3) is 0 Å². The summed E-state index contributed by atoms with van der Waals surface area (Å²) in [6.07, 6.45) is 0.196. The predicted molar refractivity (Wildman–Crippen MR) is 82.1 cm³/mol. The average Bonchev–Trinajstić information content (AvgIpc) is 3.04. The molecule has 0 atom stereocenters. The van der Waals surface area contributed by atoms with Gasteiger partial charge in [0.05, 0.1) is 35.3 Å². The molecule has 0 saturated heterocycles. The highest BCUT2D eigenvalue weighted by molar-refractivity contribution is 9.10. The first-order chi connectivity index (χ1) is 11.2. The van der Waals surface area contributed by atoms with E-state index >= 15 is 0 Å². The second kappa shape index (κ2) is 7.79. The van der Waals surface area contributed by atoms with Crippen LogP contribution in [0.25, 0.3) is 0 Å². The second-order valence-corrected chi connectivity index (χ2v) is 5.81. The van der Waals surface area contributed by atoms with Crippen LogP contribution in [-0.2, 0) is 22.8 Å². The number of aromatic nitrogens is 4. The fourth-order valence-electron chi connectivity index (χ4n) is 1.83. The largest absolute Gasteiger partial charge is 0.411 e. The molecule has 1 N–H and O–H groups in total. The monoisotopic (exact) mass is 409 g/mol. The number of rotatable bonds is 7. The third-order valence-electron chi connectivity index (χ3n) is 3.00. The van der Waals surface area contributed by atoms with Gasteiger partial charge in [-0.1, -0.05) is 0 Å². The van der Waals surface area contributed by atoms with Crippen molar-refractivity contribution in [2.24, 2.45) is 0 Å². The summed E-state index contributed by atoms with van der Waals surface area (Å²) < 4.78 is 44.1. The van der Waals surface area contributed by atoms with Crippen LogP contribution < -0.4 is 5.32 Å². The number of ether oxygens (including phenoxy) is 1. The minimum atomic E-state index is -4.39. The summed E-state index contributed by atoms with van der Waals surface area (Å²) in [6.45, 7) is 0.579. The molecule has 24 heavy (non-hydrogen) atoms. The number of hydrogen-bond acceptors (Lipinski definition) is 4. The van der Waals surface area contributed by atoms with E-state index in [1.54, 1.807) is 10.9 Å². The molecule has 0 aliphatic rings. The van der Waals surface area contributed by atoms with Gasteiger partial charge in [0.15, 0.2) is 0 Å². The van der Waals surface area contributed by atoms with Crippen LogP contribution in [0.3, 0.4) is 0 Å². The number of nitrogens with zero attached hydrogens (tertiary/aromatic N) is 4. The van der Waals surface area contributed by atoms with Gasteiger partial charge in [0.1, 0.15) is 13.3 Å². The Bertz CT molecular complexity index is 698. The number of alkyl halides is 3. The van der Waals surface area contributed by atoms with Crippen LogP contribution >= 0.6 is 15.9 Å². The van der Waals surface area contributed by atoms with Crippen molar-refractivity contribution in [3.05, 3.63) is 28.8 Å². The Morgan fingerprint density at radius 2 is 2.12 bits per heavy atom. The maximum absolute atomic E-state index is 12.0. The zero-order valence-electron chi connectivity index (χ0n) is 12.7. The minimum Gasteiger partial charge on any atom is -0.350 e. The fourth-order valence-corrected chi connectivity index (χ4v) is 2.13. The molecule has 0 saturated carbocycles. The van der Waals surface area contributed by atoms with Gasteiger partial charge in [0.2, 0.25) is 5.91 Å². The molecular formula is C13H15BrF3N5O2. The lowest BCUT2D eigenvalue weighted by Gasteiger charge is -2.07. The molecule has 2 aromatic heterocycles. The molecule has 1 amide bonds. The highest BCUT2D eigenvalue weighted by Crippen LogP contribution is 2.16. The molecule has 132 valence electrons. The van der Waals surface area contributed by atoms with Crippen LogP contribution in [0.15, 0.2) is 23.1 Å². The van der Waals surface area contributed by atoms with Crippen molar-refractivity contribution in [3.8, 4) is 0 Å². The summed E-state index contributed by atoms with van der Waals surface area (Å²) >= 11 is 3.34. The molecular weight excluding hydrogens is 395 g/mol. The highest BCUT2D eigenvalue weighted by atomic mass is 79.9. The van der Waals surface area contributed by atoms with E-state index in [1.807, 2.05) is 6.92 Å². The molecule has 0 radical (unpaired) electrons. The van der Waals surface area contributed by atoms with Crippen LogP contribution in [0.2, 0.25) is 0 Å². The Kier molecular flexibility index (Phi) is 5.99. The van der Waals surface area contributed by atoms with E-state index in [4.69, 9.17) is 0 Å². The molecule has 0 fully saturated rings. The third-order valence-corrected chi connectivity index (χ3v) is 3.78. The van der Waals surface area contributed by atoms with Gasteiger partial charge in [-0.3, -0.25) is 9.48 Å². The van der Waals surface area contributed by atoms with Crippen molar-refractivity contribution in [3.63, 3.8) is 0 Å². The molecule has 2 heterocycles. The van der Waals surface area contributed by atoms with Crippen molar-refractivity contribution < 1.29 is 22.7 Å². The lowest BCUT2D eigenvalue weighted by Crippen LogP contribution is -2.18. The van der Waals surface area contributed by atoms with Gasteiger partial charge in [-0.05, 0) is 22.9 Å². The van der Waals surface area contributed by atoms with Crippen LogP contribution in [0, 0.1) is 6.92 Å². The Balaban J connectivity index is 1.77. The Hall–Kier alpha value is -1.88. The van der Waals surface area contributed by atoms with E-state index in [1.165, 1.54) is 12.4 Å². The molecule has 11 heteroatoms. The first-order valence-electron chi connectivity index (χ1n) is 6.89. The van der Waals surface area contributed by atoms with E-state index in [2.05, 4.69) is 36.2 Å². The van der Waals surface area contributed by atoms with Crippen LogP contribution in [0.5, 0.6) is 0 Å². The highest BCUT2D eigenvalue weighted by Gasteiger charge is 2.27. The van der Waals surface area contributed by atoms with Crippen LogP contribution in [0.4, 0.5) is 18.9 Å². The zero-order valence-corrected chi connectivity index (χ0v) is 14.3. The minimum absolute atomic E-state index is 0.199. The van der Waals surface area contributed by atoms with Crippen molar-refractivity contribution in [2.45, 2.75) is 32.8 Å². The number of nitrogens with one attached hydrogen (secondary N) is 1. The van der Waals surface area contributed by atoms with Crippen LogP contribution in [-0.4, -0.2) is 38.3 Å². The number of amides is 1. The van der Waals surface area contributed by atoms with Crippen molar-refractivity contribution in [1.29, 1.82) is 0 Å². The SMILES string of the molecule is Cc1c(Br)cnn1CCC(=O)Nc1cnn(COCC(F)(F)F)c1. The van der Waals surface area contributed by atoms with Crippen molar-refractivity contribution in [2.75, 3.05) is 11.9 Å². The zero-order chi connectivity index (χ0) is 17.7. The van der Waals surface area contributed by atoms with E-state index in [0.717, 1.165) is 14.8 Å². The number of carbonyl (C=O) groups is 1. The first-order valence-corrected chi connectivity index (χ1v) is 7.68. The van der Waals surface area contributed by atoms with Crippen LogP contribution in [0.1, 0.15) is 12.1 Å². The fraction of sp³-hybridized carbons (Fsp3) is 0.462. The molecule has 2 rings (SSSR count). The van der Waals surface area contributed by atoms with Gasteiger partial charge < -0.3 is 10.1 Å². The van der Waals surface area contributed by atoms with Gasteiger partial charge in [-0.15, -0.1) is 0 Å². The molecule has 0 aliphatic heterocycles. The molecule has 0 aliphatic carbocycles. The number of halogens is 4. The summed E-state index contributed by atoms with van der Waals surface area (Å²) in [6, 6.07) is 0. The van der Waals surface area contributed by atoms with E-state index in [9.17, 15) is 18.0 Å². The molecule has 0 aromatic carbocycles. The lowest BCUT2D eigenvalue weighted by atomic mass is 10.3. The van der Waals surface area contributed by atoms with E-state index in [0.29, 0.717) is 12.2 Å². The van der Waals surface area contributed by atoms with Crippen molar-refractivity contribution in [1.82, 2.24) is 19.6 Å². The Morgan fingerprint density at radius 1 is 1.38 bits per heavy atom. The molecule has 7 nitrogen and oxygen atoms in total. The second-order valence-electron chi connectivity index (χ2n) is 4.96. The summed E-state index contributed by atoms with van der Waals surface area (Å²) in [7, 11) is 0. The standard InChI is InChI=1S/C13H15BrF3N5O2/c1-9-11(14)5-19-22(9)3-2-12(23)20-10-4-18-21(6-10)8-24-7-13(15,16)17/h4-6H,2-3,7-8H2,1H3,(H,20,23). The summed E-state index contributed by atoms with van der Waals surface area (Å²) in [4.78, 5) is 11.9. The van der Waals surface area contributed by atoms with E-state index in [-0.39, 0.29) is 19.1 Å². The molecule has 2 aromatic rings. The number of carbonyl (C=O) groups excluding carboxylic acids is 1. The molecule has 0 spiro atoms. The summed E-state index contributed by atoms with van der Waals surface area (Å²) in [5.74, 6) is -0.253. The summed E-state index contributed by atoms with van der Waals surface area (Å²) in [5.41, 5.74) is 1.30. The van der Waals surface area contributed by atoms with Gasteiger partial charge in [-0.25, -0.2) is 4.68 Å². The van der Waals surface area contributed by atoms with Gasteiger partial charge >= 0.3 is 6.18 Å². The smallest absolute Gasteiger partial charge is 0.350 e. The predicted octanol–water partition coefficient (Wildman–Crippen LogP) is 2.72. The molecule has 0 bridgehead atoms. The number of anilines is 1. The number of aryl methyl sites for hydroxylation is 1. The van der Waals surface area contributed by atoms with E-state index < -0.39 is 12.8 Å². The topological polar surface area (TPSA) is 74.0 Å². The molecule has 0 unspecified atom stereocenters. The first kappa shape index (κ1) is 18.5. The quantitative estimate of drug-likeness (QED) is 0.762. The lowest BCUT2D eigenvalue weighted by molar-refractivity contribution is -0.182. The normalized spacial score (nSPS) is 11.7. The Labute approximate surface area is 143 Å².